The molecule has 6 heteroatoms. The maximum atomic E-state index is 13.0. The van der Waals surface area contributed by atoms with Crippen LogP contribution >= 0.6 is 11.3 Å². The highest BCUT2D eigenvalue weighted by atomic mass is 32.1. The molecule has 0 saturated carbocycles. The summed E-state index contributed by atoms with van der Waals surface area (Å²) >= 11 is 1.38. The monoisotopic (exact) mass is 432 g/mol. The number of methoxy groups -OCH3 is 1. The van der Waals surface area contributed by atoms with Gasteiger partial charge in [-0.25, -0.2) is 0 Å². The van der Waals surface area contributed by atoms with Crippen LogP contribution in [0.3, 0.4) is 0 Å². The van der Waals surface area contributed by atoms with Gasteiger partial charge in [-0.1, -0.05) is 12.1 Å². The molecule has 1 aliphatic heterocycles. The molecule has 0 aliphatic carbocycles. The number of nitrogens with one attached hydrogen (secondary N) is 2. The van der Waals surface area contributed by atoms with Gasteiger partial charge >= 0.3 is 0 Å². The van der Waals surface area contributed by atoms with Gasteiger partial charge < -0.3 is 15.4 Å². The van der Waals surface area contributed by atoms with E-state index in [1.54, 1.807) is 43.5 Å². The van der Waals surface area contributed by atoms with Crippen LogP contribution in [-0.4, -0.2) is 24.3 Å². The average molecular weight is 433 g/mol. The van der Waals surface area contributed by atoms with Crippen LogP contribution < -0.4 is 15.4 Å². The third kappa shape index (κ3) is 4.70. The fourth-order valence-corrected chi connectivity index (χ4v) is 4.31. The second-order valence-corrected chi connectivity index (χ2v) is 9.09. The molecule has 3 aromatic rings. The zero-order valence-corrected chi connectivity index (χ0v) is 18.5. The van der Waals surface area contributed by atoms with Gasteiger partial charge in [0.15, 0.2) is 5.78 Å². The quantitative estimate of drug-likeness (QED) is 0.432. The summed E-state index contributed by atoms with van der Waals surface area (Å²) in [5, 5.41) is 8.19. The lowest BCUT2D eigenvalue weighted by Crippen LogP contribution is -2.43. The molecule has 2 heterocycles. The molecule has 31 heavy (non-hydrogen) atoms. The first-order valence-electron chi connectivity index (χ1n) is 10.0. The van der Waals surface area contributed by atoms with Gasteiger partial charge in [-0.05, 0) is 73.7 Å². The Kier molecular flexibility index (Phi) is 5.65. The van der Waals surface area contributed by atoms with E-state index in [0.717, 1.165) is 23.4 Å². The molecule has 0 unspecified atom stereocenters. The molecular weight excluding hydrogens is 408 g/mol. The Morgan fingerprint density at radius 1 is 1.13 bits per heavy atom. The van der Waals surface area contributed by atoms with Crippen LogP contribution in [0.5, 0.6) is 5.75 Å². The van der Waals surface area contributed by atoms with Crippen molar-refractivity contribution in [1.29, 1.82) is 0 Å². The Balaban J connectivity index is 1.56. The van der Waals surface area contributed by atoms with E-state index in [2.05, 4.69) is 30.5 Å². The molecule has 4 rings (SSSR count). The predicted molar refractivity (Wildman–Crippen MR) is 125 cm³/mol. The smallest absolute Gasteiger partial charge is 0.265 e. The van der Waals surface area contributed by atoms with Crippen molar-refractivity contribution in [2.24, 2.45) is 0 Å². The summed E-state index contributed by atoms with van der Waals surface area (Å²) in [4.78, 5) is 25.8. The van der Waals surface area contributed by atoms with Crippen molar-refractivity contribution in [3.05, 3.63) is 87.6 Å². The largest absolute Gasteiger partial charge is 0.497 e. The Morgan fingerprint density at radius 2 is 1.90 bits per heavy atom. The zero-order chi connectivity index (χ0) is 22.0. The summed E-state index contributed by atoms with van der Waals surface area (Å²) in [7, 11) is 1.63. The van der Waals surface area contributed by atoms with Crippen LogP contribution in [0.15, 0.2) is 66.1 Å². The standard InChI is InChI=1S/C25H24N2O3S/c1-25(2)15-17-8-11-19(30-3)13-20(17)21(27-25)14-22(28)16-6-9-18(10-7-16)26-24(29)23-5-4-12-31-23/h4-14,27H,15H2,1-3H3,(H,26,29)/b21-14-. The van der Waals surface area contributed by atoms with Gasteiger partial charge in [0.25, 0.3) is 5.91 Å². The minimum absolute atomic E-state index is 0.106. The van der Waals surface area contributed by atoms with Crippen LogP contribution in [0.4, 0.5) is 5.69 Å². The summed E-state index contributed by atoms with van der Waals surface area (Å²) in [6.45, 7) is 4.23. The maximum Gasteiger partial charge on any atom is 0.265 e. The second-order valence-electron chi connectivity index (χ2n) is 8.14. The normalized spacial score (nSPS) is 15.6. The highest BCUT2D eigenvalue weighted by Gasteiger charge is 2.28. The van der Waals surface area contributed by atoms with Gasteiger partial charge in [0.05, 0.1) is 12.0 Å². The van der Waals surface area contributed by atoms with Crippen molar-refractivity contribution in [3.8, 4) is 5.75 Å². The lowest BCUT2D eigenvalue weighted by Gasteiger charge is -2.35. The lowest BCUT2D eigenvalue weighted by atomic mass is 9.85. The lowest BCUT2D eigenvalue weighted by molar-refractivity contribution is 0.102. The number of rotatable bonds is 5. The third-order valence-corrected chi connectivity index (χ3v) is 6.03. The maximum absolute atomic E-state index is 13.0. The topological polar surface area (TPSA) is 67.4 Å². The van der Waals surface area contributed by atoms with Crippen LogP contribution in [0.25, 0.3) is 5.70 Å². The van der Waals surface area contributed by atoms with Gasteiger partial charge in [0, 0.05) is 34.1 Å². The Hall–Kier alpha value is -3.38. The van der Waals surface area contributed by atoms with Gasteiger partial charge in [0.1, 0.15) is 5.75 Å². The number of hydrogen-bond acceptors (Lipinski definition) is 5. The first-order valence-corrected chi connectivity index (χ1v) is 10.9. The van der Waals surface area contributed by atoms with Crippen LogP contribution in [0.2, 0.25) is 0 Å². The molecule has 158 valence electrons. The molecule has 0 bridgehead atoms. The van der Waals surface area contributed by atoms with Gasteiger partial charge in [0.2, 0.25) is 0 Å². The number of hydrogen-bond donors (Lipinski definition) is 2. The molecule has 0 radical (unpaired) electrons. The first kappa shape index (κ1) is 20.9. The van der Waals surface area contributed by atoms with Crippen molar-refractivity contribution in [2.45, 2.75) is 25.8 Å². The van der Waals surface area contributed by atoms with Crippen LogP contribution in [0, 0.1) is 0 Å². The summed E-state index contributed by atoms with van der Waals surface area (Å²) in [5.74, 6) is 0.491. The van der Waals surface area contributed by atoms with E-state index in [4.69, 9.17) is 4.74 Å². The third-order valence-electron chi connectivity index (χ3n) is 5.16. The van der Waals surface area contributed by atoms with E-state index < -0.39 is 0 Å². The van der Waals surface area contributed by atoms with Gasteiger partial charge in [-0.2, -0.15) is 0 Å². The molecular formula is C25H24N2O3S. The number of amides is 1. The number of allylic oxidation sites excluding steroid dienone is 1. The molecule has 0 saturated heterocycles. The number of fused-ring (bicyclic) bond motifs is 1. The molecule has 1 amide bonds. The molecule has 0 spiro atoms. The van der Waals surface area contributed by atoms with Gasteiger partial charge in [-0.3, -0.25) is 9.59 Å². The van der Waals surface area contributed by atoms with Crippen LogP contribution in [0.1, 0.15) is 45.0 Å². The predicted octanol–water partition coefficient (Wildman–Crippen LogP) is 5.16. The fourth-order valence-electron chi connectivity index (χ4n) is 3.69. The summed E-state index contributed by atoms with van der Waals surface area (Å²) in [6, 6.07) is 16.5. The number of anilines is 1. The number of benzene rings is 2. The minimum atomic E-state index is -0.163. The van der Waals surface area contributed by atoms with Crippen molar-refractivity contribution >= 4 is 34.4 Å². The average Bonchev–Trinajstić information content (AvgIpc) is 3.28. The summed E-state index contributed by atoms with van der Waals surface area (Å²) in [6.07, 6.45) is 2.49. The molecule has 2 N–H and O–H groups in total. The number of ketones is 1. The Labute approximate surface area is 185 Å². The van der Waals surface area contributed by atoms with E-state index in [0.29, 0.717) is 16.1 Å². The van der Waals surface area contributed by atoms with Gasteiger partial charge in [-0.15, -0.1) is 11.3 Å². The van der Waals surface area contributed by atoms with Crippen molar-refractivity contribution in [1.82, 2.24) is 5.32 Å². The number of ether oxygens (including phenoxy) is 1. The molecule has 0 fully saturated rings. The Morgan fingerprint density at radius 3 is 2.58 bits per heavy atom. The molecule has 2 aromatic carbocycles. The zero-order valence-electron chi connectivity index (χ0n) is 17.7. The summed E-state index contributed by atoms with van der Waals surface area (Å²) in [5.41, 5.74) is 3.97. The number of carbonyl (C=O) groups is 2. The first-order chi connectivity index (χ1) is 14.8. The fraction of sp³-hybridized carbons (Fsp3) is 0.200. The van der Waals surface area contributed by atoms with Crippen LogP contribution in [-0.2, 0) is 6.42 Å². The molecule has 1 aromatic heterocycles. The van der Waals surface area contributed by atoms with E-state index in [1.165, 1.54) is 16.9 Å². The van der Waals surface area contributed by atoms with E-state index >= 15 is 0 Å². The van der Waals surface area contributed by atoms with Crippen molar-refractivity contribution in [3.63, 3.8) is 0 Å². The SMILES string of the molecule is COc1ccc2c(c1)/C(=C/C(=O)c1ccc(NC(=O)c3cccs3)cc1)NC(C)(C)C2. The van der Waals surface area contributed by atoms with E-state index in [9.17, 15) is 9.59 Å². The van der Waals surface area contributed by atoms with Crippen molar-refractivity contribution < 1.29 is 14.3 Å². The second kappa shape index (κ2) is 8.40. The molecule has 1 aliphatic rings. The molecule has 5 nitrogen and oxygen atoms in total. The highest BCUT2D eigenvalue weighted by molar-refractivity contribution is 7.12. The van der Waals surface area contributed by atoms with Crippen molar-refractivity contribution in [2.75, 3.05) is 12.4 Å². The summed E-state index contributed by atoms with van der Waals surface area (Å²) < 4.78 is 5.37. The Bertz CT molecular complexity index is 1150. The van der Waals surface area contributed by atoms with E-state index in [-0.39, 0.29) is 17.2 Å². The molecule has 0 atom stereocenters. The highest BCUT2D eigenvalue weighted by Crippen LogP contribution is 2.32. The number of thiophene rings is 1. The number of carbonyl (C=O) groups excluding carboxylic acids is 2. The minimum Gasteiger partial charge on any atom is -0.497 e. The van der Waals surface area contributed by atoms with E-state index in [1.807, 2.05) is 23.6 Å².